The zero-order chi connectivity index (χ0) is 16.3. The van der Waals surface area contributed by atoms with Crippen molar-refractivity contribution in [3.8, 4) is 0 Å². The van der Waals surface area contributed by atoms with Crippen molar-refractivity contribution in [1.29, 1.82) is 0 Å². The summed E-state index contributed by atoms with van der Waals surface area (Å²) in [7, 11) is -3.33. The molecule has 23 heavy (non-hydrogen) atoms. The van der Waals surface area contributed by atoms with Gasteiger partial charge in [-0.3, -0.25) is 4.79 Å². The van der Waals surface area contributed by atoms with Crippen LogP contribution in [0.2, 0.25) is 0 Å². The normalized spacial score (nSPS) is 23.1. The van der Waals surface area contributed by atoms with Gasteiger partial charge in [0.15, 0.2) is 9.84 Å². The molecule has 2 fully saturated rings. The molecule has 1 aliphatic carbocycles. The summed E-state index contributed by atoms with van der Waals surface area (Å²) in [5.41, 5.74) is 0. The molecule has 1 saturated carbocycles. The first-order chi connectivity index (χ1) is 11.1. The summed E-state index contributed by atoms with van der Waals surface area (Å²) in [6, 6.07) is 8.41. The molecule has 0 bridgehead atoms. The number of benzene rings is 1. The first-order valence-corrected chi connectivity index (χ1v) is 10.3. The Kier molecular flexibility index (Phi) is 5.05. The Morgan fingerprint density at radius 1 is 1.00 bits per heavy atom. The molecule has 2 aliphatic rings. The van der Waals surface area contributed by atoms with E-state index >= 15 is 0 Å². The maximum Gasteiger partial charge on any atom is 0.225 e. The van der Waals surface area contributed by atoms with Crippen LogP contribution in [0, 0.1) is 5.92 Å². The third kappa shape index (κ3) is 3.77. The number of amides is 1. The van der Waals surface area contributed by atoms with Gasteiger partial charge in [-0.1, -0.05) is 37.5 Å². The lowest BCUT2D eigenvalue weighted by molar-refractivity contribution is -0.137. The Labute approximate surface area is 138 Å². The number of carbonyl (C=O) groups is 1. The van der Waals surface area contributed by atoms with Gasteiger partial charge in [-0.15, -0.1) is 0 Å². The summed E-state index contributed by atoms with van der Waals surface area (Å²) in [5.74, 6) is 0.356. The van der Waals surface area contributed by atoms with Crippen LogP contribution < -0.4 is 0 Å². The molecule has 1 amide bonds. The SMILES string of the molecule is O=C(C1CCCCC1)N1CCC[C@@H]1CS(=O)(=O)c1ccccc1. The van der Waals surface area contributed by atoms with E-state index in [2.05, 4.69) is 0 Å². The van der Waals surface area contributed by atoms with Crippen LogP contribution in [0.1, 0.15) is 44.9 Å². The maximum atomic E-state index is 12.8. The van der Waals surface area contributed by atoms with E-state index in [1.54, 1.807) is 24.3 Å². The molecule has 5 heteroatoms. The quantitative estimate of drug-likeness (QED) is 0.850. The van der Waals surface area contributed by atoms with E-state index in [9.17, 15) is 13.2 Å². The number of likely N-dealkylation sites (tertiary alicyclic amines) is 1. The topological polar surface area (TPSA) is 54.5 Å². The fraction of sp³-hybridized carbons (Fsp3) is 0.611. The molecule has 3 rings (SSSR count). The molecule has 0 unspecified atom stereocenters. The van der Waals surface area contributed by atoms with Crippen LogP contribution >= 0.6 is 0 Å². The van der Waals surface area contributed by atoms with Crippen molar-refractivity contribution in [2.45, 2.75) is 55.9 Å². The minimum Gasteiger partial charge on any atom is -0.338 e. The number of carbonyl (C=O) groups excluding carboxylic acids is 1. The van der Waals surface area contributed by atoms with Crippen molar-refractivity contribution in [2.75, 3.05) is 12.3 Å². The van der Waals surface area contributed by atoms with Crippen LogP contribution in [0.15, 0.2) is 35.2 Å². The fourth-order valence-corrected chi connectivity index (χ4v) is 5.48. The van der Waals surface area contributed by atoms with Gasteiger partial charge >= 0.3 is 0 Å². The highest BCUT2D eigenvalue weighted by molar-refractivity contribution is 7.91. The zero-order valence-corrected chi connectivity index (χ0v) is 14.3. The van der Waals surface area contributed by atoms with Crippen LogP contribution in [0.3, 0.4) is 0 Å². The van der Waals surface area contributed by atoms with Gasteiger partial charge < -0.3 is 4.90 Å². The van der Waals surface area contributed by atoms with Gasteiger partial charge in [0, 0.05) is 18.5 Å². The summed E-state index contributed by atoms with van der Waals surface area (Å²) in [6.07, 6.45) is 7.10. The molecular formula is C18H25NO3S. The molecule has 1 heterocycles. The second-order valence-corrected chi connectivity index (χ2v) is 8.79. The lowest BCUT2D eigenvalue weighted by atomic mass is 9.88. The Morgan fingerprint density at radius 3 is 2.39 bits per heavy atom. The van der Waals surface area contributed by atoms with E-state index in [0.717, 1.165) is 38.5 Å². The Balaban J connectivity index is 1.70. The van der Waals surface area contributed by atoms with Crippen LogP contribution in [0.4, 0.5) is 0 Å². The summed E-state index contributed by atoms with van der Waals surface area (Å²) >= 11 is 0. The van der Waals surface area contributed by atoms with E-state index in [1.165, 1.54) is 6.42 Å². The van der Waals surface area contributed by atoms with Crippen molar-refractivity contribution in [2.24, 2.45) is 5.92 Å². The zero-order valence-electron chi connectivity index (χ0n) is 13.5. The van der Waals surface area contributed by atoms with Gasteiger partial charge in [0.25, 0.3) is 0 Å². The van der Waals surface area contributed by atoms with Crippen molar-refractivity contribution >= 4 is 15.7 Å². The highest BCUT2D eigenvalue weighted by atomic mass is 32.2. The number of sulfone groups is 1. The molecule has 1 aromatic carbocycles. The predicted octanol–water partition coefficient (Wildman–Crippen LogP) is 3.03. The second-order valence-electron chi connectivity index (χ2n) is 6.76. The van der Waals surface area contributed by atoms with Gasteiger partial charge in [-0.05, 0) is 37.8 Å². The standard InChI is InChI=1S/C18H25NO3S/c20-18(15-8-3-1-4-9-15)19-13-7-10-16(19)14-23(21,22)17-11-5-2-6-12-17/h2,5-6,11-12,15-16H,1,3-4,7-10,13-14H2/t16-/m1/s1. The van der Waals surface area contributed by atoms with E-state index in [1.807, 2.05) is 11.0 Å². The molecule has 1 aliphatic heterocycles. The summed E-state index contributed by atoms with van der Waals surface area (Å²) in [5, 5.41) is 0. The highest BCUT2D eigenvalue weighted by Gasteiger charge is 2.36. The third-order valence-electron chi connectivity index (χ3n) is 5.13. The molecule has 126 valence electrons. The molecule has 0 spiro atoms. The number of rotatable bonds is 4. The maximum absolute atomic E-state index is 12.8. The number of nitrogens with zero attached hydrogens (tertiary/aromatic N) is 1. The minimum absolute atomic E-state index is 0.0511. The second kappa shape index (κ2) is 7.04. The van der Waals surface area contributed by atoms with Crippen LogP contribution in [-0.4, -0.2) is 37.6 Å². The highest BCUT2D eigenvalue weighted by Crippen LogP contribution is 2.29. The van der Waals surface area contributed by atoms with Crippen molar-refractivity contribution in [3.05, 3.63) is 30.3 Å². The van der Waals surface area contributed by atoms with Gasteiger partial charge in [0.2, 0.25) is 5.91 Å². The van der Waals surface area contributed by atoms with Crippen molar-refractivity contribution in [3.63, 3.8) is 0 Å². The molecular weight excluding hydrogens is 310 g/mol. The molecule has 1 atom stereocenters. The van der Waals surface area contributed by atoms with Crippen molar-refractivity contribution in [1.82, 2.24) is 4.90 Å². The molecule has 1 aromatic rings. The Bertz CT molecular complexity index is 635. The average molecular weight is 335 g/mol. The third-order valence-corrected chi connectivity index (χ3v) is 6.94. The summed E-state index contributed by atoms with van der Waals surface area (Å²) in [6.45, 7) is 0.713. The van der Waals surface area contributed by atoms with E-state index in [0.29, 0.717) is 11.4 Å². The molecule has 0 aromatic heterocycles. The summed E-state index contributed by atoms with van der Waals surface area (Å²) < 4.78 is 25.2. The first-order valence-electron chi connectivity index (χ1n) is 8.66. The average Bonchev–Trinajstić information content (AvgIpc) is 3.03. The van der Waals surface area contributed by atoms with E-state index < -0.39 is 9.84 Å². The van der Waals surface area contributed by atoms with Gasteiger partial charge in [0.05, 0.1) is 10.6 Å². The first kappa shape index (κ1) is 16.5. The summed E-state index contributed by atoms with van der Waals surface area (Å²) in [4.78, 5) is 15.0. The van der Waals surface area contributed by atoms with Crippen molar-refractivity contribution < 1.29 is 13.2 Å². The number of hydrogen-bond donors (Lipinski definition) is 0. The smallest absolute Gasteiger partial charge is 0.225 e. The predicted molar refractivity (Wildman–Crippen MR) is 89.8 cm³/mol. The van der Waals surface area contributed by atoms with Crippen LogP contribution in [0.5, 0.6) is 0 Å². The number of hydrogen-bond acceptors (Lipinski definition) is 3. The fourth-order valence-electron chi connectivity index (χ4n) is 3.86. The van der Waals surface area contributed by atoms with Crippen LogP contribution in [0.25, 0.3) is 0 Å². The lowest BCUT2D eigenvalue weighted by Crippen LogP contribution is -2.43. The largest absolute Gasteiger partial charge is 0.338 e. The molecule has 0 N–H and O–H groups in total. The van der Waals surface area contributed by atoms with Crippen LogP contribution in [-0.2, 0) is 14.6 Å². The van der Waals surface area contributed by atoms with E-state index in [4.69, 9.17) is 0 Å². The molecule has 1 saturated heterocycles. The molecule has 4 nitrogen and oxygen atoms in total. The monoisotopic (exact) mass is 335 g/mol. The van der Waals surface area contributed by atoms with E-state index in [-0.39, 0.29) is 23.6 Å². The minimum atomic E-state index is -3.33. The Hall–Kier alpha value is -1.36. The lowest BCUT2D eigenvalue weighted by Gasteiger charge is -2.30. The van der Waals surface area contributed by atoms with Gasteiger partial charge in [-0.25, -0.2) is 8.42 Å². The molecule has 0 radical (unpaired) electrons. The Morgan fingerprint density at radius 2 is 1.70 bits per heavy atom. The van der Waals surface area contributed by atoms with Gasteiger partial charge in [-0.2, -0.15) is 0 Å². The van der Waals surface area contributed by atoms with Gasteiger partial charge in [0.1, 0.15) is 0 Å².